The Morgan fingerprint density at radius 3 is 2.62 bits per heavy atom. The monoisotopic (exact) mass is 222 g/mol. The number of methoxy groups -OCH3 is 1. The van der Waals surface area contributed by atoms with Crippen LogP contribution in [0.4, 0.5) is 5.69 Å². The summed E-state index contributed by atoms with van der Waals surface area (Å²) in [5.74, 6) is 0. The van der Waals surface area contributed by atoms with Gasteiger partial charge in [0.05, 0.1) is 6.61 Å². The first-order chi connectivity index (χ1) is 7.74. The van der Waals surface area contributed by atoms with Gasteiger partial charge in [-0.1, -0.05) is 18.2 Å². The molecule has 1 aromatic rings. The molecule has 0 aliphatic heterocycles. The summed E-state index contributed by atoms with van der Waals surface area (Å²) in [6.07, 6.45) is 0. The van der Waals surface area contributed by atoms with Gasteiger partial charge < -0.3 is 15.0 Å². The average molecular weight is 222 g/mol. The minimum atomic E-state index is 0.411. The van der Waals surface area contributed by atoms with Gasteiger partial charge in [-0.2, -0.15) is 0 Å². The van der Waals surface area contributed by atoms with Crippen molar-refractivity contribution in [2.24, 2.45) is 0 Å². The highest BCUT2D eigenvalue weighted by Gasteiger charge is 2.02. The Morgan fingerprint density at radius 1 is 1.31 bits per heavy atom. The highest BCUT2D eigenvalue weighted by Crippen LogP contribution is 2.09. The molecule has 0 bridgehead atoms. The van der Waals surface area contributed by atoms with Crippen LogP contribution in [0.15, 0.2) is 30.3 Å². The first-order valence-corrected chi connectivity index (χ1v) is 5.72. The molecule has 3 heteroatoms. The molecule has 3 nitrogen and oxygen atoms in total. The maximum Gasteiger partial charge on any atom is 0.0613 e. The molecule has 0 aliphatic rings. The zero-order valence-electron chi connectivity index (χ0n) is 10.4. The smallest absolute Gasteiger partial charge is 0.0613 e. The van der Waals surface area contributed by atoms with Crippen LogP contribution < -0.4 is 10.2 Å². The van der Waals surface area contributed by atoms with E-state index in [9.17, 15) is 0 Å². The Bertz CT molecular complexity index is 277. The number of rotatable bonds is 7. The second-order valence-electron chi connectivity index (χ2n) is 4.07. The quantitative estimate of drug-likeness (QED) is 0.760. The molecular formula is C13H22N2O. The lowest BCUT2D eigenvalue weighted by atomic mass is 10.3. The Balaban J connectivity index is 2.23. The van der Waals surface area contributed by atoms with Crippen molar-refractivity contribution in [3.63, 3.8) is 0 Å². The van der Waals surface area contributed by atoms with E-state index >= 15 is 0 Å². The van der Waals surface area contributed by atoms with Crippen molar-refractivity contribution in [1.82, 2.24) is 5.32 Å². The fourth-order valence-electron chi connectivity index (χ4n) is 1.60. The van der Waals surface area contributed by atoms with E-state index in [1.54, 1.807) is 7.11 Å². The minimum absolute atomic E-state index is 0.411. The molecule has 0 fully saturated rings. The van der Waals surface area contributed by atoms with Crippen LogP contribution >= 0.6 is 0 Å². The molecular weight excluding hydrogens is 200 g/mol. The van der Waals surface area contributed by atoms with Crippen LogP contribution in [0.5, 0.6) is 0 Å². The molecule has 1 rings (SSSR count). The Hall–Kier alpha value is -1.06. The van der Waals surface area contributed by atoms with E-state index in [4.69, 9.17) is 4.74 Å². The number of para-hydroxylation sites is 1. The molecule has 1 N–H and O–H groups in total. The van der Waals surface area contributed by atoms with E-state index in [-0.39, 0.29) is 0 Å². The number of nitrogens with zero attached hydrogens (tertiary/aromatic N) is 1. The van der Waals surface area contributed by atoms with Crippen molar-refractivity contribution >= 4 is 5.69 Å². The summed E-state index contributed by atoms with van der Waals surface area (Å²) in [6.45, 7) is 4.86. The topological polar surface area (TPSA) is 24.5 Å². The molecule has 0 spiro atoms. The third-order valence-electron chi connectivity index (χ3n) is 2.55. The Labute approximate surface area is 98.4 Å². The molecule has 0 aliphatic carbocycles. The maximum atomic E-state index is 5.07. The summed E-state index contributed by atoms with van der Waals surface area (Å²) in [5.41, 5.74) is 1.25. The molecule has 0 amide bonds. The van der Waals surface area contributed by atoms with Crippen molar-refractivity contribution < 1.29 is 4.74 Å². The number of hydrogen-bond donors (Lipinski definition) is 1. The van der Waals surface area contributed by atoms with Crippen LogP contribution in [0.2, 0.25) is 0 Å². The fraction of sp³-hybridized carbons (Fsp3) is 0.538. The number of anilines is 1. The van der Waals surface area contributed by atoms with Crippen LogP contribution in [-0.2, 0) is 4.74 Å². The first-order valence-electron chi connectivity index (χ1n) is 5.72. The SMILES string of the molecule is COCC(C)NCCN(C)c1ccccc1. The average Bonchev–Trinajstić information content (AvgIpc) is 2.30. The second-order valence-corrected chi connectivity index (χ2v) is 4.07. The molecule has 16 heavy (non-hydrogen) atoms. The van der Waals surface area contributed by atoms with Crippen molar-refractivity contribution in [3.05, 3.63) is 30.3 Å². The maximum absolute atomic E-state index is 5.07. The third-order valence-corrected chi connectivity index (χ3v) is 2.55. The van der Waals surface area contributed by atoms with Gasteiger partial charge in [0.25, 0.3) is 0 Å². The van der Waals surface area contributed by atoms with Gasteiger partial charge in [0.15, 0.2) is 0 Å². The van der Waals surface area contributed by atoms with Gasteiger partial charge in [-0.05, 0) is 19.1 Å². The second kappa shape index (κ2) is 7.25. The summed E-state index contributed by atoms with van der Waals surface area (Å²) < 4.78 is 5.07. The highest BCUT2D eigenvalue weighted by atomic mass is 16.5. The minimum Gasteiger partial charge on any atom is -0.383 e. The number of ether oxygens (including phenoxy) is 1. The Kier molecular flexibility index (Phi) is 5.90. The van der Waals surface area contributed by atoms with Gasteiger partial charge in [-0.25, -0.2) is 0 Å². The standard InChI is InChI=1S/C13H22N2O/c1-12(11-16-3)14-9-10-15(2)13-7-5-4-6-8-13/h4-8,12,14H,9-11H2,1-3H3. The summed E-state index contributed by atoms with van der Waals surface area (Å²) in [5, 5.41) is 3.42. The fourth-order valence-corrected chi connectivity index (χ4v) is 1.60. The normalized spacial score (nSPS) is 12.4. The lowest BCUT2D eigenvalue weighted by molar-refractivity contribution is 0.173. The van der Waals surface area contributed by atoms with Crippen LogP contribution in [0.25, 0.3) is 0 Å². The predicted octanol–water partition coefficient (Wildman–Crippen LogP) is 1.75. The van der Waals surface area contributed by atoms with E-state index in [1.807, 2.05) is 6.07 Å². The zero-order chi connectivity index (χ0) is 11.8. The molecule has 1 unspecified atom stereocenters. The molecule has 1 atom stereocenters. The zero-order valence-corrected chi connectivity index (χ0v) is 10.4. The summed E-state index contributed by atoms with van der Waals surface area (Å²) in [4.78, 5) is 2.24. The largest absolute Gasteiger partial charge is 0.383 e. The molecule has 1 aromatic carbocycles. The van der Waals surface area contributed by atoms with E-state index in [1.165, 1.54) is 5.69 Å². The summed E-state index contributed by atoms with van der Waals surface area (Å²) in [7, 11) is 3.84. The van der Waals surface area contributed by atoms with Crippen molar-refractivity contribution in [1.29, 1.82) is 0 Å². The molecule has 0 saturated heterocycles. The molecule has 0 radical (unpaired) electrons. The first kappa shape index (κ1) is 13.0. The van der Waals surface area contributed by atoms with Crippen LogP contribution in [-0.4, -0.2) is 39.9 Å². The predicted molar refractivity (Wildman–Crippen MR) is 69.1 cm³/mol. The number of likely N-dealkylation sites (N-methyl/N-ethyl adjacent to an activating group) is 1. The lowest BCUT2D eigenvalue weighted by Gasteiger charge is -2.21. The van der Waals surface area contributed by atoms with Gasteiger partial charge in [0, 0.05) is 39.0 Å². The molecule has 0 heterocycles. The van der Waals surface area contributed by atoms with Crippen molar-refractivity contribution in [3.8, 4) is 0 Å². The van der Waals surface area contributed by atoms with Gasteiger partial charge >= 0.3 is 0 Å². The van der Waals surface area contributed by atoms with Gasteiger partial charge in [0.1, 0.15) is 0 Å². The van der Waals surface area contributed by atoms with Gasteiger partial charge in [0.2, 0.25) is 0 Å². The third kappa shape index (κ3) is 4.64. The molecule has 0 aromatic heterocycles. The van der Waals surface area contributed by atoms with Crippen LogP contribution in [0.3, 0.4) is 0 Å². The number of nitrogens with one attached hydrogen (secondary N) is 1. The number of benzene rings is 1. The van der Waals surface area contributed by atoms with E-state index in [0.717, 1.165) is 19.7 Å². The van der Waals surface area contributed by atoms with Crippen molar-refractivity contribution in [2.75, 3.05) is 38.8 Å². The van der Waals surface area contributed by atoms with Gasteiger partial charge in [-0.3, -0.25) is 0 Å². The van der Waals surface area contributed by atoms with E-state index in [2.05, 4.69) is 48.5 Å². The van der Waals surface area contributed by atoms with Gasteiger partial charge in [-0.15, -0.1) is 0 Å². The summed E-state index contributed by atoms with van der Waals surface area (Å²) in [6, 6.07) is 10.8. The van der Waals surface area contributed by atoms with E-state index in [0.29, 0.717) is 6.04 Å². The van der Waals surface area contributed by atoms with E-state index < -0.39 is 0 Å². The lowest BCUT2D eigenvalue weighted by Crippen LogP contribution is -2.36. The highest BCUT2D eigenvalue weighted by molar-refractivity contribution is 5.44. The number of hydrogen-bond acceptors (Lipinski definition) is 3. The summed E-state index contributed by atoms with van der Waals surface area (Å²) >= 11 is 0. The molecule has 0 saturated carbocycles. The Morgan fingerprint density at radius 2 is 2.00 bits per heavy atom. The van der Waals surface area contributed by atoms with Crippen LogP contribution in [0, 0.1) is 0 Å². The van der Waals surface area contributed by atoms with Crippen molar-refractivity contribution in [2.45, 2.75) is 13.0 Å². The molecule has 90 valence electrons. The van der Waals surface area contributed by atoms with Crippen LogP contribution in [0.1, 0.15) is 6.92 Å².